The molecule has 2 aromatic carbocycles. The molecule has 0 saturated heterocycles. The van der Waals surface area contributed by atoms with Gasteiger partial charge >= 0.3 is 11.1 Å². The van der Waals surface area contributed by atoms with Crippen LogP contribution in [0, 0.1) is 0 Å². The van der Waals surface area contributed by atoms with Gasteiger partial charge in [0.2, 0.25) is 10.0 Å². The maximum Gasteiger partial charge on any atom is 0.314 e. The maximum atomic E-state index is 12.6. The van der Waals surface area contributed by atoms with E-state index in [-0.39, 0.29) is 10.4 Å². The number of sulfonamides is 1. The molecule has 0 aliphatic heterocycles. The molecule has 0 radical (unpaired) electrons. The van der Waals surface area contributed by atoms with Crippen LogP contribution in [0.15, 0.2) is 50.9 Å². The quantitative estimate of drug-likeness (QED) is 0.570. The molecule has 3 N–H and O–H groups in total. The summed E-state index contributed by atoms with van der Waals surface area (Å²) in [6, 6.07) is 8.17. The minimum absolute atomic E-state index is 0.0652. The number of fused-ring (bicyclic) bond motifs is 1. The van der Waals surface area contributed by atoms with Crippen molar-refractivity contribution in [2.45, 2.75) is 17.9 Å². The molecule has 7 nitrogen and oxygen atoms in total. The zero-order valence-corrected chi connectivity index (χ0v) is 15.7. The fraction of sp³-hybridized carbons (Fsp3) is 0.125. The second kappa shape index (κ2) is 6.88. The van der Waals surface area contributed by atoms with Gasteiger partial charge in [0.1, 0.15) is 0 Å². The normalized spacial score (nSPS) is 13.0. The molecule has 3 aromatic rings. The first kappa shape index (κ1) is 18.7. The predicted molar refractivity (Wildman–Crippen MR) is 100 cm³/mol. The second-order valence-corrected chi connectivity index (χ2v) is 8.18. The van der Waals surface area contributed by atoms with E-state index in [0.717, 1.165) is 0 Å². The summed E-state index contributed by atoms with van der Waals surface area (Å²) in [5.41, 5.74) is -0.575. The van der Waals surface area contributed by atoms with E-state index in [9.17, 15) is 18.0 Å². The van der Waals surface area contributed by atoms with Crippen molar-refractivity contribution in [2.75, 3.05) is 0 Å². The van der Waals surface area contributed by atoms with Gasteiger partial charge in [0.15, 0.2) is 0 Å². The van der Waals surface area contributed by atoms with Crippen LogP contribution in [0.3, 0.4) is 0 Å². The van der Waals surface area contributed by atoms with Crippen LogP contribution in [0.1, 0.15) is 18.5 Å². The maximum absolute atomic E-state index is 12.6. The molecule has 0 saturated carbocycles. The van der Waals surface area contributed by atoms with Crippen molar-refractivity contribution in [1.82, 2.24) is 14.7 Å². The van der Waals surface area contributed by atoms with Gasteiger partial charge in [0.05, 0.1) is 15.9 Å². The number of H-pyrrole nitrogens is 2. The van der Waals surface area contributed by atoms with Crippen LogP contribution >= 0.6 is 23.2 Å². The van der Waals surface area contributed by atoms with Gasteiger partial charge in [-0.3, -0.25) is 9.59 Å². The van der Waals surface area contributed by atoms with E-state index in [1.807, 2.05) is 0 Å². The number of hydrogen-bond acceptors (Lipinski definition) is 4. The summed E-state index contributed by atoms with van der Waals surface area (Å²) in [4.78, 5) is 27.4. The lowest BCUT2D eigenvalue weighted by atomic mass is 10.1. The molecule has 1 aromatic heterocycles. The monoisotopic (exact) mass is 413 g/mol. The SMILES string of the molecule is CC(NS(=O)(=O)c1ccc2[nH]c(=O)c(=O)[nH]c2c1)c1ccc(Cl)cc1Cl. The minimum atomic E-state index is -3.90. The fourth-order valence-electron chi connectivity index (χ4n) is 2.48. The number of nitrogens with one attached hydrogen (secondary N) is 3. The minimum Gasteiger partial charge on any atom is -0.316 e. The number of hydrogen-bond donors (Lipinski definition) is 3. The summed E-state index contributed by atoms with van der Waals surface area (Å²) in [6.07, 6.45) is 0. The first-order valence-electron chi connectivity index (χ1n) is 7.41. The molecule has 0 aliphatic carbocycles. The molecule has 0 bridgehead atoms. The molecular weight excluding hydrogens is 401 g/mol. The van der Waals surface area contributed by atoms with Crippen LogP contribution in [0.25, 0.3) is 11.0 Å². The van der Waals surface area contributed by atoms with Gasteiger partial charge in [-0.1, -0.05) is 29.3 Å². The third kappa shape index (κ3) is 3.68. The lowest BCUT2D eigenvalue weighted by Gasteiger charge is -2.16. The third-order valence-corrected chi connectivity index (χ3v) is 5.87. The van der Waals surface area contributed by atoms with Crippen molar-refractivity contribution in [1.29, 1.82) is 0 Å². The van der Waals surface area contributed by atoms with Crippen molar-refractivity contribution in [2.24, 2.45) is 0 Å². The summed E-state index contributed by atoms with van der Waals surface area (Å²) in [6.45, 7) is 1.65. The summed E-state index contributed by atoms with van der Waals surface area (Å²) in [5.74, 6) is 0. The average Bonchev–Trinajstić information content (AvgIpc) is 2.54. The van der Waals surface area contributed by atoms with Crippen molar-refractivity contribution in [3.63, 3.8) is 0 Å². The molecule has 1 atom stereocenters. The van der Waals surface area contributed by atoms with E-state index in [1.165, 1.54) is 24.3 Å². The van der Waals surface area contributed by atoms with Crippen molar-refractivity contribution in [3.8, 4) is 0 Å². The van der Waals surface area contributed by atoms with Gasteiger partial charge in [0, 0.05) is 16.1 Å². The Balaban J connectivity index is 1.97. The highest BCUT2D eigenvalue weighted by atomic mass is 35.5. The Morgan fingerprint density at radius 2 is 1.62 bits per heavy atom. The van der Waals surface area contributed by atoms with Gasteiger partial charge in [-0.15, -0.1) is 0 Å². The smallest absolute Gasteiger partial charge is 0.314 e. The molecule has 3 rings (SSSR count). The first-order chi connectivity index (χ1) is 12.2. The number of halogens is 2. The Labute approximate surface area is 158 Å². The number of benzene rings is 2. The van der Waals surface area contributed by atoms with Gasteiger partial charge < -0.3 is 9.97 Å². The molecule has 0 fully saturated rings. The number of aromatic nitrogens is 2. The Morgan fingerprint density at radius 1 is 0.962 bits per heavy atom. The van der Waals surface area contributed by atoms with Gasteiger partial charge in [-0.05, 0) is 42.8 Å². The summed E-state index contributed by atoms with van der Waals surface area (Å²) < 4.78 is 27.8. The van der Waals surface area contributed by atoms with E-state index in [0.29, 0.717) is 21.1 Å². The molecule has 0 aliphatic rings. The summed E-state index contributed by atoms with van der Waals surface area (Å²) >= 11 is 12.0. The van der Waals surface area contributed by atoms with Crippen LogP contribution < -0.4 is 15.8 Å². The van der Waals surface area contributed by atoms with Crippen molar-refractivity contribution < 1.29 is 8.42 Å². The zero-order chi connectivity index (χ0) is 19.1. The van der Waals surface area contributed by atoms with Crippen LogP contribution in [-0.2, 0) is 10.0 Å². The zero-order valence-electron chi connectivity index (χ0n) is 13.3. The number of aromatic amines is 2. The summed E-state index contributed by atoms with van der Waals surface area (Å²) in [5, 5.41) is 0.786. The Kier molecular flexibility index (Phi) is 4.94. The standard InChI is InChI=1S/C16H13Cl2N3O4S/c1-8(11-4-2-9(17)6-12(11)18)21-26(24,25)10-3-5-13-14(7-10)20-16(23)15(22)19-13/h2-8,21H,1H3,(H,19,22)(H,20,23). The Morgan fingerprint density at radius 3 is 2.27 bits per heavy atom. The molecule has 10 heteroatoms. The largest absolute Gasteiger partial charge is 0.316 e. The Hall–Kier alpha value is -2.13. The Bertz CT molecular complexity index is 1220. The topological polar surface area (TPSA) is 112 Å². The van der Waals surface area contributed by atoms with E-state index in [2.05, 4.69) is 14.7 Å². The van der Waals surface area contributed by atoms with Crippen LogP contribution in [0.5, 0.6) is 0 Å². The lowest BCUT2D eigenvalue weighted by molar-refractivity contribution is 0.567. The van der Waals surface area contributed by atoms with E-state index >= 15 is 0 Å². The summed E-state index contributed by atoms with van der Waals surface area (Å²) in [7, 11) is -3.90. The molecular formula is C16H13Cl2N3O4S. The molecule has 0 spiro atoms. The first-order valence-corrected chi connectivity index (χ1v) is 9.65. The molecule has 1 unspecified atom stereocenters. The highest BCUT2D eigenvalue weighted by Crippen LogP contribution is 2.27. The average molecular weight is 414 g/mol. The van der Waals surface area contributed by atoms with Gasteiger partial charge in [-0.25, -0.2) is 13.1 Å². The second-order valence-electron chi connectivity index (χ2n) is 5.62. The highest BCUT2D eigenvalue weighted by Gasteiger charge is 2.20. The van der Waals surface area contributed by atoms with Crippen molar-refractivity contribution >= 4 is 44.3 Å². The van der Waals surface area contributed by atoms with Crippen LogP contribution in [-0.4, -0.2) is 18.4 Å². The molecule has 136 valence electrons. The van der Waals surface area contributed by atoms with Crippen LogP contribution in [0.2, 0.25) is 10.0 Å². The number of rotatable bonds is 4. The molecule has 26 heavy (non-hydrogen) atoms. The predicted octanol–water partition coefficient (Wildman–Crippen LogP) is 2.56. The van der Waals surface area contributed by atoms with E-state index in [1.54, 1.807) is 19.1 Å². The van der Waals surface area contributed by atoms with Gasteiger partial charge in [-0.2, -0.15) is 0 Å². The fourth-order valence-corrected chi connectivity index (χ4v) is 4.30. The lowest BCUT2D eigenvalue weighted by Crippen LogP contribution is -2.29. The van der Waals surface area contributed by atoms with E-state index in [4.69, 9.17) is 23.2 Å². The highest BCUT2D eigenvalue weighted by molar-refractivity contribution is 7.89. The molecule has 1 heterocycles. The van der Waals surface area contributed by atoms with Crippen LogP contribution in [0.4, 0.5) is 0 Å². The van der Waals surface area contributed by atoms with Crippen molar-refractivity contribution in [3.05, 3.63) is 72.7 Å². The van der Waals surface area contributed by atoms with E-state index < -0.39 is 27.2 Å². The molecule has 0 amide bonds. The van der Waals surface area contributed by atoms with Gasteiger partial charge in [0.25, 0.3) is 0 Å². The third-order valence-electron chi connectivity index (χ3n) is 3.76.